The predicted molar refractivity (Wildman–Crippen MR) is 67.2 cm³/mol. The van der Waals surface area contributed by atoms with Gasteiger partial charge in [-0.15, -0.1) is 0 Å². The summed E-state index contributed by atoms with van der Waals surface area (Å²) in [6.45, 7) is 3.85. The Kier molecular flexibility index (Phi) is 2.96. The van der Waals surface area contributed by atoms with Crippen LogP contribution in [0.25, 0.3) is 0 Å². The van der Waals surface area contributed by atoms with Crippen LogP contribution in [0, 0.1) is 11.8 Å². The maximum Gasteiger partial charge on any atom is 0.0233 e. The number of fused-ring (bicyclic) bond motifs is 1. The highest BCUT2D eigenvalue weighted by molar-refractivity contribution is 5.14. The van der Waals surface area contributed by atoms with E-state index < -0.39 is 0 Å². The van der Waals surface area contributed by atoms with E-state index in [1.807, 2.05) is 0 Å². The summed E-state index contributed by atoms with van der Waals surface area (Å²) >= 11 is 0. The molecule has 0 unspecified atom stereocenters. The molecule has 0 radical (unpaired) electrons. The van der Waals surface area contributed by atoms with Crippen molar-refractivity contribution in [2.75, 3.05) is 13.1 Å². The van der Waals surface area contributed by atoms with Gasteiger partial charge in [-0.05, 0) is 30.2 Å². The van der Waals surface area contributed by atoms with Crippen LogP contribution in [0.4, 0.5) is 0 Å². The maximum absolute atomic E-state index is 2.66. The van der Waals surface area contributed by atoms with Gasteiger partial charge < -0.3 is 0 Å². The lowest BCUT2D eigenvalue weighted by Gasteiger charge is -2.23. The lowest BCUT2D eigenvalue weighted by molar-refractivity contribution is 0.299. The fraction of sp³-hybridized carbons (Fsp3) is 0.600. The van der Waals surface area contributed by atoms with Gasteiger partial charge in [0.25, 0.3) is 0 Å². The largest absolute Gasteiger partial charge is 0.299 e. The summed E-state index contributed by atoms with van der Waals surface area (Å²) in [6, 6.07) is 10.9. The summed E-state index contributed by atoms with van der Waals surface area (Å²) in [5.41, 5.74) is 1.47. The van der Waals surface area contributed by atoms with Crippen LogP contribution in [-0.4, -0.2) is 18.0 Å². The summed E-state index contributed by atoms with van der Waals surface area (Å²) in [6.07, 6.45) is 5.91. The van der Waals surface area contributed by atoms with Gasteiger partial charge in [-0.2, -0.15) is 0 Å². The second-order valence-electron chi connectivity index (χ2n) is 5.48. The average molecular weight is 215 g/mol. The Balaban J connectivity index is 1.61. The minimum atomic E-state index is 1.01. The summed E-state index contributed by atoms with van der Waals surface area (Å²) < 4.78 is 0. The van der Waals surface area contributed by atoms with Gasteiger partial charge in [0, 0.05) is 19.6 Å². The predicted octanol–water partition coefficient (Wildman–Crippen LogP) is 3.31. The molecule has 86 valence electrons. The van der Waals surface area contributed by atoms with Gasteiger partial charge in [-0.3, -0.25) is 4.90 Å². The summed E-state index contributed by atoms with van der Waals surface area (Å²) in [7, 11) is 0. The molecule has 1 nitrogen and oxygen atoms in total. The summed E-state index contributed by atoms with van der Waals surface area (Å²) in [5, 5.41) is 0. The third-order valence-corrected chi connectivity index (χ3v) is 4.30. The molecule has 0 bridgehead atoms. The lowest BCUT2D eigenvalue weighted by Crippen LogP contribution is -2.20. The van der Waals surface area contributed by atoms with Crippen LogP contribution in [-0.2, 0) is 6.54 Å². The van der Waals surface area contributed by atoms with E-state index in [1.165, 1.54) is 44.3 Å². The minimum absolute atomic E-state index is 1.01. The highest BCUT2D eigenvalue weighted by Gasteiger charge is 2.33. The summed E-state index contributed by atoms with van der Waals surface area (Å²) in [5.74, 6) is 2.02. The van der Waals surface area contributed by atoms with Crippen LogP contribution >= 0.6 is 0 Å². The van der Waals surface area contributed by atoms with E-state index in [0.717, 1.165) is 18.4 Å². The van der Waals surface area contributed by atoms with Crippen molar-refractivity contribution in [3.05, 3.63) is 35.9 Å². The van der Waals surface area contributed by atoms with Gasteiger partial charge in [0.15, 0.2) is 0 Å². The molecule has 1 aromatic rings. The van der Waals surface area contributed by atoms with Crippen molar-refractivity contribution in [1.82, 2.24) is 4.90 Å². The van der Waals surface area contributed by atoms with Crippen molar-refractivity contribution in [1.29, 1.82) is 0 Å². The number of benzene rings is 1. The molecule has 1 saturated heterocycles. The molecule has 3 rings (SSSR count). The fourth-order valence-electron chi connectivity index (χ4n) is 3.47. The lowest BCUT2D eigenvalue weighted by atomic mass is 9.82. The smallest absolute Gasteiger partial charge is 0.0233 e. The average Bonchev–Trinajstić information content (AvgIpc) is 2.72. The van der Waals surface area contributed by atoms with E-state index in [2.05, 4.69) is 35.2 Å². The van der Waals surface area contributed by atoms with Gasteiger partial charge in [0.1, 0.15) is 0 Å². The molecule has 0 amide bonds. The van der Waals surface area contributed by atoms with Crippen LogP contribution in [0.5, 0.6) is 0 Å². The highest BCUT2D eigenvalue weighted by Crippen LogP contribution is 2.36. The molecule has 2 aliphatic rings. The summed E-state index contributed by atoms with van der Waals surface area (Å²) in [4.78, 5) is 2.66. The first kappa shape index (κ1) is 10.3. The van der Waals surface area contributed by atoms with E-state index in [1.54, 1.807) is 0 Å². The third-order valence-electron chi connectivity index (χ3n) is 4.30. The zero-order valence-electron chi connectivity index (χ0n) is 9.94. The van der Waals surface area contributed by atoms with Gasteiger partial charge in [0.2, 0.25) is 0 Å². The van der Waals surface area contributed by atoms with Crippen molar-refractivity contribution >= 4 is 0 Å². The number of likely N-dealkylation sites (tertiary alicyclic amines) is 1. The van der Waals surface area contributed by atoms with Crippen molar-refractivity contribution in [2.24, 2.45) is 11.8 Å². The van der Waals surface area contributed by atoms with E-state index in [0.29, 0.717) is 0 Å². The molecule has 2 atom stereocenters. The van der Waals surface area contributed by atoms with Crippen LogP contribution in [0.3, 0.4) is 0 Å². The minimum Gasteiger partial charge on any atom is -0.299 e. The molecule has 2 fully saturated rings. The SMILES string of the molecule is c1ccc(CN2C[C@@H]3CCCC[C@H]3C2)cc1. The molecule has 0 spiro atoms. The molecule has 1 aliphatic heterocycles. The molecule has 0 aromatic heterocycles. The molecular weight excluding hydrogens is 194 g/mol. The van der Waals surface area contributed by atoms with E-state index >= 15 is 0 Å². The van der Waals surface area contributed by atoms with E-state index in [-0.39, 0.29) is 0 Å². The van der Waals surface area contributed by atoms with Crippen molar-refractivity contribution in [2.45, 2.75) is 32.2 Å². The molecule has 1 heterocycles. The van der Waals surface area contributed by atoms with Crippen LogP contribution < -0.4 is 0 Å². The van der Waals surface area contributed by atoms with Gasteiger partial charge >= 0.3 is 0 Å². The Hall–Kier alpha value is -0.820. The van der Waals surface area contributed by atoms with Crippen molar-refractivity contribution in [3.63, 3.8) is 0 Å². The Morgan fingerprint density at radius 3 is 2.19 bits per heavy atom. The third kappa shape index (κ3) is 2.15. The quantitative estimate of drug-likeness (QED) is 0.731. The van der Waals surface area contributed by atoms with Crippen LogP contribution in [0.1, 0.15) is 31.2 Å². The van der Waals surface area contributed by atoms with E-state index in [9.17, 15) is 0 Å². The first-order valence-electron chi connectivity index (χ1n) is 6.68. The van der Waals surface area contributed by atoms with Gasteiger partial charge in [-0.1, -0.05) is 43.2 Å². The number of hydrogen-bond donors (Lipinski definition) is 0. The molecule has 16 heavy (non-hydrogen) atoms. The van der Waals surface area contributed by atoms with E-state index in [4.69, 9.17) is 0 Å². The Labute approximate surface area is 98.5 Å². The number of rotatable bonds is 2. The van der Waals surface area contributed by atoms with Crippen molar-refractivity contribution < 1.29 is 0 Å². The van der Waals surface area contributed by atoms with Crippen LogP contribution in [0.15, 0.2) is 30.3 Å². The number of nitrogens with zero attached hydrogens (tertiary/aromatic N) is 1. The second-order valence-corrected chi connectivity index (χ2v) is 5.48. The first-order chi connectivity index (χ1) is 7.92. The molecular formula is C15H21N. The van der Waals surface area contributed by atoms with Crippen LogP contribution in [0.2, 0.25) is 0 Å². The second kappa shape index (κ2) is 4.58. The van der Waals surface area contributed by atoms with Gasteiger partial charge in [0.05, 0.1) is 0 Å². The highest BCUT2D eigenvalue weighted by atomic mass is 15.2. The topological polar surface area (TPSA) is 3.24 Å². The number of hydrogen-bond acceptors (Lipinski definition) is 1. The standard InChI is InChI=1S/C15H21N/c1-2-6-13(7-3-1)10-16-11-14-8-4-5-9-15(14)12-16/h1-3,6-7,14-15H,4-5,8-12H2/t14-,15-/m0/s1. The monoisotopic (exact) mass is 215 g/mol. The fourth-order valence-corrected chi connectivity index (χ4v) is 3.47. The molecule has 1 saturated carbocycles. The Morgan fingerprint density at radius 2 is 1.56 bits per heavy atom. The molecule has 1 aliphatic carbocycles. The Bertz CT molecular complexity index is 319. The molecule has 0 N–H and O–H groups in total. The zero-order valence-corrected chi connectivity index (χ0v) is 9.94. The Morgan fingerprint density at radius 1 is 0.938 bits per heavy atom. The maximum atomic E-state index is 2.66. The molecule has 1 heteroatoms. The molecule has 1 aromatic carbocycles. The zero-order chi connectivity index (χ0) is 10.8. The first-order valence-corrected chi connectivity index (χ1v) is 6.68. The normalized spacial score (nSPS) is 30.2. The van der Waals surface area contributed by atoms with Gasteiger partial charge in [-0.25, -0.2) is 0 Å². The van der Waals surface area contributed by atoms with Crippen molar-refractivity contribution in [3.8, 4) is 0 Å².